The van der Waals surface area contributed by atoms with Gasteiger partial charge < -0.3 is 18.8 Å². The summed E-state index contributed by atoms with van der Waals surface area (Å²) in [6, 6.07) is 5.08. The molecule has 5 nitrogen and oxygen atoms in total. The molecular weight excluding hydrogens is 234 g/mol. The van der Waals surface area contributed by atoms with Crippen LogP contribution in [-0.4, -0.2) is 25.9 Å². The van der Waals surface area contributed by atoms with Gasteiger partial charge in [0.05, 0.1) is 21.3 Å². The Labute approximate surface area is 105 Å². The van der Waals surface area contributed by atoms with E-state index in [9.17, 15) is 4.79 Å². The lowest BCUT2D eigenvalue weighted by atomic mass is 10.1. The number of methoxy groups -OCH3 is 3. The summed E-state index contributed by atoms with van der Waals surface area (Å²) in [6.07, 6.45) is 0. The van der Waals surface area contributed by atoms with Crippen molar-refractivity contribution in [3.05, 3.63) is 28.6 Å². The number of aryl methyl sites for hydroxylation is 1. The van der Waals surface area contributed by atoms with Crippen molar-refractivity contribution in [1.82, 2.24) is 4.57 Å². The number of hydrogen-bond donors (Lipinski definition) is 0. The van der Waals surface area contributed by atoms with Gasteiger partial charge in [0.2, 0.25) is 0 Å². The summed E-state index contributed by atoms with van der Waals surface area (Å²) in [5.74, 6) is 1.62. The van der Waals surface area contributed by atoms with E-state index in [1.807, 2.05) is 6.07 Å². The number of rotatable bonds is 3. The molecular formula is C13H15NO4. The van der Waals surface area contributed by atoms with Crippen LogP contribution in [0.3, 0.4) is 0 Å². The third kappa shape index (κ3) is 1.68. The first-order chi connectivity index (χ1) is 8.63. The van der Waals surface area contributed by atoms with Crippen LogP contribution in [0.1, 0.15) is 0 Å². The van der Waals surface area contributed by atoms with Gasteiger partial charge in [0.15, 0.2) is 11.5 Å². The highest BCUT2D eigenvalue weighted by Crippen LogP contribution is 2.37. The highest BCUT2D eigenvalue weighted by Gasteiger charge is 2.15. The molecule has 0 aliphatic heterocycles. The van der Waals surface area contributed by atoms with Gasteiger partial charge in [-0.1, -0.05) is 0 Å². The maximum absolute atomic E-state index is 11.9. The lowest BCUT2D eigenvalue weighted by Gasteiger charge is -2.15. The zero-order chi connectivity index (χ0) is 13.3. The number of ether oxygens (including phenoxy) is 3. The number of pyridine rings is 1. The fourth-order valence-corrected chi connectivity index (χ4v) is 2.01. The monoisotopic (exact) mass is 249 g/mol. The average Bonchev–Trinajstić information content (AvgIpc) is 2.41. The van der Waals surface area contributed by atoms with E-state index in [1.165, 1.54) is 17.7 Å². The summed E-state index contributed by atoms with van der Waals surface area (Å²) >= 11 is 0. The van der Waals surface area contributed by atoms with Crippen molar-refractivity contribution in [3.63, 3.8) is 0 Å². The Hall–Kier alpha value is -2.17. The summed E-state index contributed by atoms with van der Waals surface area (Å²) in [5.41, 5.74) is 0.493. The van der Waals surface area contributed by atoms with E-state index in [0.717, 1.165) is 5.39 Å². The second kappa shape index (κ2) is 4.60. The van der Waals surface area contributed by atoms with Gasteiger partial charge in [-0.05, 0) is 12.1 Å². The van der Waals surface area contributed by atoms with Crippen LogP contribution in [0, 0.1) is 0 Å². The lowest BCUT2D eigenvalue weighted by molar-refractivity contribution is 0.357. The van der Waals surface area contributed by atoms with Crippen molar-refractivity contribution in [2.45, 2.75) is 0 Å². The number of nitrogens with zero attached hydrogens (tertiary/aromatic N) is 1. The SMILES string of the molecule is COc1ccc2c(OC)cc(=O)n(C)c2c1OC. The number of hydrogen-bond acceptors (Lipinski definition) is 4. The topological polar surface area (TPSA) is 49.7 Å². The van der Waals surface area contributed by atoms with Crippen LogP contribution in [0.25, 0.3) is 10.9 Å². The van der Waals surface area contributed by atoms with E-state index in [0.29, 0.717) is 22.8 Å². The van der Waals surface area contributed by atoms with E-state index in [4.69, 9.17) is 14.2 Å². The lowest BCUT2D eigenvalue weighted by Crippen LogP contribution is -2.17. The van der Waals surface area contributed by atoms with Crippen molar-refractivity contribution < 1.29 is 14.2 Å². The van der Waals surface area contributed by atoms with Crippen molar-refractivity contribution in [1.29, 1.82) is 0 Å². The van der Waals surface area contributed by atoms with Gasteiger partial charge in [-0.25, -0.2) is 0 Å². The molecule has 0 spiro atoms. The fourth-order valence-electron chi connectivity index (χ4n) is 2.01. The van der Waals surface area contributed by atoms with Crippen LogP contribution in [-0.2, 0) is 7.05 Å². The number of aromatic nitrogens is 1. The molecule has 0 radical (unpaired) electrons. The molecule has 0 bridgehead atoms. The standard InChI is InChI=1S/C13H15NO4/c1-14-11(15)7-10(17-3)8-5-6-9(16-2)13(18-4)12(8)14/h5-7H,1-4H3. The van der Waals surface area contributed by atoms with E-state index in [2.05, 4.69) is 0 Å². The third-order valence-electron chi connectivity index (χ3n) is 2.93. The van der Waals surface area contributed by atoms with Gasteiger partial charge in [0.25, 0.3) is 5.56 Å². The largest absolute Gasteiger partial charge is 0.496 e. The highest BCUT2D eigenvalue weighted by atomic mass is 16.5. The van der Waals surface area contributed by atoms with Crippen molar-refractivity contribution in [3.8, 4) is 17.2 Å². The Morgan fingerprint density at radius 2 is 1.67 bits per heavy atom. The Morgan fingerprint density at radius 3 is 2.22 bits per heavy atom. The zero-order valence-corrected chi connectivity index (χ0v) is 10.8. The van der Waals surface area contributed by atoms with Crippen molar-refractivity contribution in [2.24, 2.45) is 7.05 Å². The molecule has 0 aliphatic rings. The summed E-state index contributed by atoms with van der Waals surface area (Å²) in [5, 5.41) is 0.803. The van der Waals surface area contributed by atoms with Gasteiger partial charge in [-0.3, -0.25) is 4.79 Å². The molecule has 0 aliphatic carbocycles. The third-order valence-corrected chi connectivity index (χ3v) is 2.93. The maximum atomic E-state index is 11.9. The quantitative estimate of drug-likeness (QED) is 0.828. The molecule has 0 fully saturated rings. The molecule has 1 aromatic heterocycles. The van der Waals surface area contributed by atoms with Gasteiger partial charge >= 0.3 is 0 Å². The Balaban J connectivity index is 2.99. The molecule has 18 heavy (non-hydrogen) atoms. The first kappa shape index (κ1) is 12.3. The molecule has 0 N–H and O–H groups in total. The van der Waals surface area contributed by atoms with Gasteiger partial charge in [-0.2, -0.15) is 0 Å². The van der Waals surface area contributed by atoms with Crippen LogP contribution in [0.15, 0.2) is 23.0 Å². The van der Waals surface area contributed by atoms with E-state index in [1.54, 1.807) is 27.3 Å². The van der Waals surface area contributed by atoms with E-state index < -0.39 is 0 Å². The smallest absolute Gasteiger partial charge is 0.254 e. The Kier molecular flexibility index (Phi) is 3.14. The number of benzene rings is 1. The molecule has 0 saturated heterocycles. The summed E-state index contributed by atoms with van der Waals surface area (Å²) in [7, 11) is 6.32. The predicted octanol–water partition coefficient (Wildman–Crippen LogP) is 1.56. The highest BCUT2D eigenvalue weighted by molar-refractivity contribution is 5.92. The molecule has 0 atom stereocenters. The molecule has 2 rings (SSSR count). The van der Waals surface area contributed by atoms with Crippen LogP contribution in [0.4, 0.5) is 0 Å². The second-order valence-electron chi connectivity index (χ2n) is 3.81. The molecule has 2 aromatic rings. The minimum Gasteiger partial charge on any atom is -0.496 e. The predicted molar refractivity (Wildman–Crippen MR) is 68.8 cm³/mol. The maximum Gasteiger partial charge on any atom is 0.254 e. The summed E-state index contributed by atoms with van der Waals surface area (Å²) in [4.78, 5) is 11.9. The van der Waals surface area contributed by atoms with Crippen LogP contribution >= 0.6 is 0 Å². The van der Waals surface area contributed by atoms with E-state index in [-0.39, 0.29) is 5.56 Å². The Morgan fingerprint density at radius 1 is 1.00 bits per heavy atom. The van der Waals surface area contributed by atoms with Crippen LogP contribution in [0.5, 0.6) is 17.2 Å². The molecule has 5 heteroatoms. The molecule has 96 valence electrons. The van der Waals surface area contributed by atoms with Gasteiger partial charge in [0.1, 0.15) is 11.3 Å². The first-order valence-corrected chi connectivity index (χ1v) is 5.42. The van der Waals surface area contributed by atoms with Crippen molar-refractivity contribution >= 4 is 10.9 Å². The molecule has 1 aromatic carbocycles. The first-order valence-electron chi connectivity index (χ1n) is 5.42. The van der Waals surface area contributed by atoms with Gasteiger partial charge in [-0.15, -0.1) is 0 Å². The van der Waals surface area contributed by atoms with Crippen molar-refractivity contribution in [2.75, 3.05) is 21.3 Å². The number of fused-ring (bicyclic) bond motifs is 1. The fraction of sp³-hybridized carbons (Fsp3) is 0.308. The molecule has 0 unspecified atom stereocenters. The normalized spacial score (nSPS) is 10.4. The second-order valence-corrected chi connectivity index (χ2v) is 3.81. The minimum atomic E-state index is -0.161. The van der Waals surface area contributed by atoms with Crippen LogP contribution in [0.2, 0.25) is 0 Å². The Bertz CT molecular complexity index is 645. The molecule has 0 saturated carbocycles. The molecule has 1 heterocycles. The summed E-state index contributed by atoms with van der Waals surface area (Å²) in [6.45, 7) is 0. The average molecular weight is 249 g/mol. The minimum absolute atomic E-state index is 0.161. The summed E-state index contributed by atoms with van der Waals surface area (Å²) < 4.78 is 17.3. The zero-order valence-electron chi connectivity index (χ0n) is 10.8. The molecule has 0 amide bonds. The van der Waals surface area contributed by atoms with Gasteiger partial charge in [0, 0.05) is 18.5 Å². The van der Waals surface area contributed by atoms with Crippen LogP contribution < -0.4 is 19.8 Å². The van der Waals surface area contributed by atoms with E-state index >= 15 is 0 Å².